The third kappa shape index (κ3) is 5.21. The number of carbonyl (C=O) groups is 2. The number of urea groups is 1. The molecule has 2 atom stereocenters. The lowest BCUT2D eigenvalue weighted by molar-refractivity contribution is -0.139. The summed E-state index contributed by atoms with van der Waals surface area (Å²) in [6.45, 7) is 2.48. The molecule has 0 saturated carbocycles. The first-order valence-electron chi connectivity index (χ1n) is 5.89. The van der Waals surface area contributed by atoms with Crippen LogP contribution in [-0.4, -0.2) is 35.2 Å². The van der Waals surface area contributed by atoms with E-state index in [0.717, 1.165) is 0 Å². The summed E-state index contributed by atoms with van der Waals surface area (Å²) >= 11 is 1.63. The van der Waals surface area contributed by atoms with Gasteiger partial charge in [0.1, 0.15) is 0 Å². The van der Waals surface area contributed by atoms with Crippen molar-refractivity contribution in [3.63, 3.8) is 0 Å². The van der Waals surface area contributed by atoms with Gasteiger partial charge in [-0.05, 0) is 11.8 Å². The van der Waals surface area contributed by atoms with Crippen LogP contribution in [0.15, 0.2) is 30.3 Å². The second-order valence-electron chi connectivity index (χ2n) is 4.08. The highest BCUT2D eigenvalue weighted by molar-refractivity contribution is 7.99. The van der Waals surface area contributed by atoms with E-state index in [1.807, 2.05) is 13.2 Å². The van der Waals surface area contributed by atoms with Crippen LogP contribution in [0.1, 0.15) is 18.5 Å². The molecule has 5 nitrogen and oxygen atoms in total. The van der Waals surface area contributed by atoms with Gasteiger partial charge in [0.15, 0.2) is 6.04 Å². The molecule has 0 aliphatic rings. The smallest absolute Gasteiger partial charge is 0.330 e. The van der Waals surface area contributed by atoms with Crippen LogP contribution in [0.5, 0.6) is 0 Å². The Morgan fingerprint density at radius 2 is 1.95 bits per heavy atom. The van der Waals surface area contributed by atoms with Crippen LogP contribution < -0.4 is 10.6 Å². The Balaban J connectivity index is 2.60. The quantitative estimate of drug-likeness (QED) is 0.744. The number of benzene rings is 1. The molecule has 0 spiro atoms. The summed E-state index contributed by atoms with van der Waals surface area (Å²) in [7, 11) is 0. The molecule has 0 aromatic heterocycles. The van der Waals surface area contributed by atoms with E-state index in [2.05, 4.69) is 10.6 Å². The Kier molecular flexibility index (Phi) is 6.21. The molecule has 1 aromatic rings. The number of nitrogens with one attached hydrogen (secondary N) is 2. The highest BCUT2D eigenvalue weighted by Crippen LogP contribution is 2.12. The molecule has 0 aliphatic heterocycles. The summed E-state index contributed by atoms with van der Waals surface area (Å²) in [5, 5.41) is 14.5. The average molecular weight is 282 g/mol. The van der Waals surface area contributed by atoms with Crippen molar-refractivity contribution in [3.05, 3.63) is 35.9 Å². The second kappa shape index (κ2) is 7.68. The molecule has 0 bridgehead atoms. The molecule has 0 radical (unpaired) electrons. The number of carboxylic acid groups (broad SMARTS) is 1. The average Bonchev–Trinajstić information content (AvgIpc) is 2.42. The van der Waals surface area contributed by atoms with Gasteiger partial charge in [-0.2, -0.15) is 11.8 Å². The van der Waals surface area contributed by atoms with Crippen molar-refractivity contribution in [2.75, 3.05) is 12.8 Å². The summed E-state index contributed by atoms with van der Waals surface area (Å²) in [5.41, 5.74) is 0.545. The molecule has 6 heteroatoms. The number of hydrogen-bond acceptors (Lipinski definition) is 3. The van der Waals surface area contributed by atoms with E-state index in [4.69, 9.17) is 5.11 Å². The third-order valence-electron chi connectivity index (χ3n) is 2.61. The van der Waals surface area contributed by atoms with E-state index in [-0.39, 0.29) is 5.25 Å². The van der Waals surface area contributed by atoms with Crippen LogP contribution in [-0.2, 0) is 4.79 Å². The van der Waals surface area contributed by atoms with Gasteiger partial charge >= 0.3 is 12.0 Å². The van der Waals surface area contributed by atoms with E-state index in [9.17, 15) is 9.59 Å². The van der Waals surface area contributed by atoms with Crippen LogP contribution in [0.2, 0.25) is 0 Å². The van der Waals surface area contributed by atoms with Gasteiger partial charge in [0, 0.05) is 11.8 Å². The van der Waals surface area contributed by atoms with E-state index in [1.54, 1.807) is 42.1 Å². The second-order valence-corrected chi connectivity index (χ2v) is 5.36. The molecule has 0 heterocycles. The Hall–Kier alpha value is -1.69. The molecule has 3 N–H and O–H groups in total. The number of thioether (sulfide) groups is 1. The molecule has 2 unspecified atom stereocenters. The van der Waals surface area contributed by atoms with Crippen LogP contribution in [0.3, 0.4) is 0 Å². The Morgan fingerprint density at radius 1 is 1.32 bits per heavy atom. The fourth-order valence-electron chi connectivity index (χ4n) is 1.44. The van der Waals surface area contributed by atoms with Gasteiger partial charge in [0.05, 0.1) is 0 Å². The number of rotatable bonds is 6. The largest absolute Gasteiger partial charge is 0.479 e. The fourth-order valence-corrected chi connectivity index (χ4v) is 1.69. The standard InChI is InChI=1S/C13H18N2O3S/c1-9(19-2)8-14-13(18)15-11(12(16)17)10-6-4-3-5-7-10/h3-7,9,11H,8H2,1-2H3,(H,16,17)(H2,14,15,18). The molecule has 19 heavy (non-hydrogen) atoms. The minimum atomic E-state index is -1.08. The maximum Gasteiger partial charge on any atom is 0.330 e. The first kappa shape index (κ1) is 15.4. The van der Waals surface area contributed by atoms with Gasteiger partial charge in [-0.3, -0.25) is 0 Å². The lowest BCUT2D eigenvalue weighted by atomic mass is 10.1. The van der Waals surface area contributed by atoms with Crippen LogP contribution in [0, 0.1) is 0 Å². The lowest BCUT2D eigenvalue weighted by Crippen LogP contribution is -2.42. The van der Waals surface area contributed by atoms with E-state index in [0.29, 0.717) is 12.1 Å². The Bertz CT molecular complexity index is 425. The maximum atomic E-state index is 11.7. The maximum absolute atomic E-state index is 11.7. The van der Waals surface area contributed by atoms with Crippen molar-refractivity contribution >= 4 is 23.8 Å². The zero-order chi connectivity index (χ0) is 14.3. The molecule has 2 amide bonds. The monoisotopic (exact) mass is 282 g/mol. The SMILES string of the molecule is CSC(C)CNC(=O)NC(C(=O)O)c1ccccc1. The minimum Gasteiger partial charge on any atom is -0.479 e. The summed E-state index contributed by atoms with van der Waals surface area (Å²) in [4.78, 5) is 22.8. The highest BCUT2D eigenvalue weighted by atomic mass is 32.2. The topological polar surface area (TPSA) is 78.4 Å². The minimum absolute atomic E-state index is 0.283. The Labute approximate surface area is 116 Å². The molecule has 0 aliphatic carbocycles. The molecule has 104 valence electrons. The van der Waals surface area contributed by atoms with Crippen molar-refractivity contribution in [1.82, 2.24) is 10.6 Å². The van der Waals surface area contributed by atoms with Crippen molar-refractivity contribution in [2.24, 2.45) is 0 Å². The molecule has 0 saturated heterocycles. The molecule has 1 aromatic carbocycles. The Morgan fingerprint density at radius 3 is 2.47 bits per heavy atom. The summed E-state index contributed by atoms with van der Waals surface area (Å²) in [5.74, 6) is -1.08. The lowest BCUT2D eigenvalue weighted by Gasteiger charge is -2.16. The number of carbonyl (C=O) groups excluding carboxylic acids is 1. The highest BCUT2D eigenvalue weighted by Gasteiger charge is 2.21. The van der Waals surface area contributed by atoms with Gasteiger partial charge in [-0.1, -0.05) is 37.3 Å². The van der Waals surface area contributed by atoms with Crippen molar-refractivity contribution in [3.8, 4) is 0 Å². The first-order chi connectivity index (χ1) is 9.04. The predicted octanol–water partition coefficient (Wildman–Crippen LogP) is 1.86. The summed E-state index contributed by atoms with van der Waals surface area (Å²) in [6, 6.07) is 7.10. The van der Waals surface area contributed by atoms with Gasteiger partial charge in [0.2, 0.25) is 0 Å². The number of aliphatic carboxylic acids is 1. The van der Waals surface area contributed by atoms with Crippen LogP contribution >= 0.6 is 11.8 Å². The summed E-state index contributed by atoms with van der Waals surface area (Å²) in [6.07, 6.45) is 1.95. The molecule has 0 fully saturated rings. The predicted molar refractivity (Wildman–Crippen MR) is 76.3 cm³/mol. The molecular formula is C13H18N2O3S. The number of amides is 2. The number of hydrogen-bond donors (Lipinski definition) is 3. The first-order valence-corrected chi connectivity index (χ1v) is 7.18. The zero-order valence-corrected chi connectivity index (χ0v) is 11.7. The van der Waals surface area contributed by atoms with Crippen molar-refractivity contribution in [2.45, 2.75) is 18.2 Å². The molecular weight excluding hydrogens is 264 g/mol. The molecule has 1 rings (SSSR count). The van der Waals surface area contributed by atoms with Gasteiger partial charge in [-0.25, -0.2) is 9.59 Å². The fraction of sp³-hybridized carbons (Fsp3) is 0.385. The van der Waals surface area contributed by atoms with Gasteiger partial charge in [0.25, 0.3) is 0 Å². The van der Waals surface area contributed by atoms with E-state index >= 15 is 0 Å². The third-order valence-corrected chi connectivity index (χ3v) is 3.58. The normalized spacial score (nSPS) is 13.4. The number of carboxylic acids is 1. The van der Waals surface area contributed by atoms with Crippen molar-refractivity contribution < 1.29 is 14.7 Å². The summed E-state index contributed by atoms with van der Waals surface area (Å²) < 4.78 is 0. The van der Waals surface area contributed by atoms with E-state index < -0.39 is 18.0 Å². The van der Waals surface area contributed by atoms with Gasteiger partial charge in [-0.15, -0.1) is 0 Å². The van der Waals surface area contributed by atoms with Crippen LogP contribution in [0.25, 0.3) is 0 Å². The van der Waals surface area contributed by atoms with Crippen molar-refractivity contribution in [1.29, 1.82) is 0 Å². The van der Waals surface area contributed by atoms with E-state index in [1.165, 1.54) is 0 Å². The zero-order valence-electron chi connectivity index (χ0n) is 10.9. The van der Waals surface area contributed by atoms with Gasteiger partial charge < -0.3 is 15.7 Å². The van der Waals surface area contributed by atoms with Crippen LogP contribution in [0.4, 0.5) is 4.79 Å².